The first-order chi connectivity index (χ1) is 13.8. The Hall–Kier alpha value is -2.34. The molecular formula is C23H25F3N2O. The van der Waals surface area contributed by atoms with E-state index in [1.807, 2.05) is 30.3 Å². The van der Waals surface area contributed by atoms with Crippen molar-refractivity contribution in [3.05, 3.63) is 71.3 Å². The standard InChI is InChI=1S/C23H25F3N2O/c1-28-15-16-11-13-22(28,14-12-16)20(17-5-3-2-4-6-17)27-21(29)18-7-9-19(10-8-18)23(24,25)26/h2-10,16,20H,11-15H2,1H3,(H,27,29). The minimum absolute atomic E-state index is 0.169. The number of hydrogen-bond donors (Lipinski definition) is 1. The number of halogens is 3. The molecular weight excluding hydrogens is 377 g/mol. The molecule has 0 spiro atoms. The summed E-state index contributed by atoms with van der Waals surface area (Å²) in [7, 11) is 2.12. The zero-order valence-corrected chi connectivity index (χ0v) is 16.4. The topological polar surface area (TPSA) is 32.3 Å². The van der Waals surface area contributed by atoms with Crippen molar-refractivity contribution in [1.82, 2.24) is 10.2 Å². The molecule has 2 aromatic carbocycles. The van der Waals surface area contributed by atoms with Gasteiger partial charge in [0.1, 0.15) is 0 Å². The van der Waals surface area contributed by atoms with Gasteiger partial charge in [0.2, 0.25) is 0 Å². The number of amides is 1. The second kappa shape index (κ2) is 7.48. The SMILES string of the molecule is CN1CC2CCC1(C(NC(=O)c1ccc(C(F)(F)F)cc1)c1ccccc1)CC2. The average Bonchev–Trinajstić information content (AvgIpc) is 2.73. The summed E-state index contributed by atoms with van der Waals surface area (Å²) in [5.41, 5.74) is 0.345. The predicted octanol–water partition coefficient (Wildman–Crippen LogP) is 5.05. The largest absolute Gasteiger partial charge is 0.416 e. The lowest BCUT2D eigenvalue weighted by Crippen LogP contribution is -2.62. The van der Waals surface area contributed by atoms with E-state index in [1.165, 1.54) is 12.1 Å². The van der Waals surface area contributed by atoms with Gasteiger partial charge in [-0.2, -0.15) is 13.2 Å². The van der Waals surface area contributed by atoms with Gasteiger partial charge in [0.05, 0.1) is 11.6 Å². The molecule has 3 nitrogen and oxygen atoms in total. The van der Waals surface area contributed by atoms with E-state index in [1.54, 1.807) is 0 Å². The summed E-state index contributed by atoms with van der Waals surface area (Å²) in [5.74, 6) is 0.368. The zero-order chi connectivity index (χ0) is 20.6. The van der Waals surface area contributed by atoms with Crippen LogP contribution in [0.25, 0.3) is 0 Å². The van der Waals surface area contributed by atoms with Crippen molar-refractivity contribution in [2.45, 2.75) is 43.4 Å². The molecule has 154 valence electrons. The van der Waals surface area contributed by atoms with Crippen molar-refractivity contribution < 1.29 is 18.0 Å². The Kier molecular flexibility index (Phi) is 5.15. The third kappa shape index (κ3) is 3.78. The fourth-order valence-electron chi connectivity index (χ4n) is 5.02. The lowest BCUT2D eigenvalue weighted by atomic mass is 9.66. The van der Waals surface area contributed by atoms with Crippen molar-refractivity contribution in [2.75, 3.05) is 13.6 Å². The Morgan fingerprint density at radius 1 is 1.07 bits per heavy atom. The number of nitrogens with one attached hydrogen (secondary N) is 1. The third-order valence-electron chi connectivity index (χ3n) is 6.68. The van der Waals surface area contributed by atoms with Gasteiger partial charge in [-0.3, -0.25) is 9.69 Å². The van der Waals surface area contributed by atoms with Crippen LogP contribution in [0.3, 0.4) is 0 Å². The van der Waals surface area contributed by atoms with Crippen LogP contribution in [0.4, 0.5) is 13.2 Å². The van der Waals surface area contributed by atoms with Gasteiger partial charge in [0.25, 0.3) is 5.91 Å². The van der Waals surface area contributed by atoms with E-state index in [9.17, 15) is 18.0 Å². The molecule has 1 unspecified atom stereocenters. The molecule has 2 aromatic rings. The maximum absolute atomic E-state index is 13.0. The van der Waals surface area contributed by atoms with Gasteiger partial charge in [0.15, 0.2) is 0 Å². The van der Waals surface area contributed by atoms with Gasteiger partial charge in [0, 0.05) is 17.6 Å². The molecule has 2 saturated heterocycles. The molecule has 29 heavy (non-hydrogen) atoms. The van der Waals surface area contributed by atoms with Crippen LogP contribution in [0.1, 0.15) is 53.2 Å². The summed E-state index contributed by atoms with van der Waals surface area (Å²) in [6.07, 6.45) is -0.125. The second-order valence-electron chi connectivity index (χ2n) is 8.32. The molecule has 0 radical (unpaired) electrons. The molecule has 0 aromatic heterocycles. The van der Waals surface area contributed by atoms with Crippen LogP contribution in [0.2, 0.25) is 0 Å². The van der Waals surface area contributed by atoms with Gasteiger partial charge in [-0.1, -0.05) is 30.3 Å². The average molecular weight is 402 g/mol. The highest BCUT2D eigenvalue weighted by atomic mass is 19.4. The van der Waals surface area contributed by atoms with Crippen LogP contribution < -0.4 is 5.32 Å². The maximum atomic E-state index is 13.0. The highest BCUT2D eigenvalue weighted by Gasteiger charge is 2.50. The molecule has 1 aliphatic carbocycles. The summed E-state index contributed by atoms with van der Waals surface area (Å²) in [4.78, 5) is 15.4. The number of benzene rings is 2. The van der Waals surface area contributed by atoms with E-state index in [2.05, 4.69) is 17.3 Å². The van der Waals surface area contributed by atoms with Crippen molar-refractivity contribution in [3.8, 4) is 0 Å². The second-order valence-corrected chi connectivity index (χ2v) is 8.32. The number of rotatable bonds is 4. The molecule has 2 bridgehead atoms. The summed E-state index contributed by atoms with van der Waals surface area (Å²) >= 11 is 0. The first-order valence-corrected chi connectivity index (χ1v) is 10.0. The van der Waals surface area contributed by atoms with E-state index < -0.39 is 11.7 Å². The third-order valence-corrected chi connectivity index (χ3v) is 6.68. The number of carbonyl (C=O) groups is 1. The van der Waals surface area contributed by atoms with Gasteiger partial charge in [-0.05, 0) is 68.5 Å². The Morgan fingerprint density at radius 2 is 1.69 bits per heavy atom. The zero-order valence-electron chi connectivity index (χ0n) is 16.4. The summed E-state index contributed by atoms with van der Waals surface area (Å²) in [6, 6.07) is 14.1. The molecule has 3 aliphatic rings. The first-order valence-electron chi connectivity index (χ1n) is 10.0. The van der Waals surface area contributed by atoms with Crippen molar-refractivity contribution in [2.24, 2.45) is 5.92 Å². The van der Waals surface area contributed by atoms with Gasteiger partial charge in [-0.25, -0.2) is 0 Å². The summed E-state index contributed by atoms with van der Waals surface area (Å²) < 4.78 is 38.5. The Balaban J connectivity index is 1.63. The van der Waals surface area contributed by atoms with Crippen LogP contribution in [0.5, 0.6) is 0 Å². The van der Waals surface area contributed by atoms with Crippen LogP contribution in [-0.2, 0) is 6.18 Å². The smallest absolute Gasteiger partial charge is 0.343 e. The molecule has 1 N–H and O–H groups in total. The van der Waals surface area contributed by atoms with Gasteiger partial charge in [-0.15, -0.1) is 0 Å². The van der Waals surface area contributed by atoms with Crippen LogP contribution in [-0.4, -0.2) is 29.9 Å². The summed E-state index contributed by atoms with van der Waals surface area (Å²) in [6.45, 7) is 1.01. The van der Waals surface area contributed by atoms with E-state index in [4.69, 9.17) is 0 Å². The Labute approximate surface area is 168 Å². The minimum Gasteiger partial charge on any atom is -0.343 e. The molecule has 1 saturated carbocycles. The number of fused-ring (bicyclic) bond motifs is 3. The molecule has 5 rings (SSSR count). The van der Waals surface area contributed by atoms with Crippen LogP contribution in [0, 0.1) is 5.92 Å². The molecule has 1 amide bonds. The maximum Gasteiger partial charge on any atom is 0.416 e. The number of nitrogens with zero attached hydrogens (tertiary/aromatic N) is 1. The van der Waals surface area contributed by atoms with Gasteiger partial charge >= 0.3 is 6.18 Å². The summed E-state index contributed by atoms with van der Waals surface area (Å²) in [5, 5.41) is 3.16. The van der Waals surface area contributed by atoms with E-state index >= 15 is 0 Å². The lowest BCUT2D eigenvalue weighted by Gasteiger charge is -2.57. The van der Waals surface area contributed by atoms with Crippen molar-refractivity contribution in [1.29, 1.82) is 0 Å². The number of likely N-dealkylation sites (N-methyl/N-ethyl adjacent to an activating group) is 1. The number of carbonyl (C=O) groups excluding carboxylic acids is 1. The Bertz CT molecular complexity index is 856. The van der Waals surface area contributed by atoms with Crippen molar-refractivity contribution in [3.63, 3.8) is 0 Å². The highest BCUT2D eigenvalue weighted by Crippen LogP contribution is 2.49. The molecule has 2 aliphatic heterocycles. The normalized spacial score (nSPS) is 25.6. The lowest BCUT2D eigenvalue weighted by molar-refractivity contribution is -0.137. The quantitative estimate of drug-likeness (QED) is 0.776. The van der Waals surface area contributed by atoms with E-state index in [0.29, 0.717) is 5.92 Å². The molecule has 6 heteroatoms. The van der Waals surface area contributed by atoms with E-state index in [-0.39, 0.29) is 23.1 Å². The molecule has 1 atom stereocenters. The van der Waals surface area contributed by atoms with Gasteiger partial charge < -0.3 is 5.32 Å². The molecule has 3 fully saturated rings. The van der Waals surface area contributed by atoms with Crippen LogP contribution >= 0.6 is 0 Å². The van der Waals surface area contributed by atoms with Crippen molar-refractivity contribution >= 4 is 5.91 Å². The predicted molar refractivity (Wildman–Crippen MR) is 105 cm³/mol. The highest BCUT2D eigenvalue weighted by molar-refractivity contribution is 5.94. The minimum atomic E-state index is -4.41. The monoisotopic (exact) mass is 402 g/mol. The number of piperidine rings is 2. The first kappa shape index (κ1) is 20.0. The fourth-order valence-corrected chi connectivity index (χ4v) is 5.02. The number of alkyl halides is 3. The Morgan fingerprint density at radius 3 is 2.24 bits per heavy atom. The fraction of sp³-hybridized carbons (Fsp3) is 0.435. The van der Waals surface area contributed by atoms with E-state index in [0.717, 1.165) is 49.9 Å². The molecule has 2 heterocycles. The van der Waals surface area contributed by atoms with Crippen LogP contribution in [0.15, 0.2) is 54.6 Å². The number of hydrogen-bond acceptors (Lipinski definition) is 2.